The molecule has 1 saturated carbocycles. The lowest BCUT2D eigenvalue weighted by atomic mass is 9.94. The predicted octanol–water partition coefficient (Wildman–Crippen LogP) is 2.78. The van der Waals surface area contributed by atoms with E-state index in [1.807, 2.05) is 23.1 Å². The van der Waals surface area contributed by atoms with E-state index >= 15 is 0 Å². The summed E-state index contributed by atoms with van der Waals surface area (Å²) in [5.74, 6) is 0.128. The largest absolute Gasteiger partial charge is 0.336 e. The highest BCUT2D eigenvalue weighted by Crippen LogP contribution is 2.24. The van der Waals surface area contributed by atoms with E-state index in [1.54, 1.807) is 0 Å². The molecule has 1 aromatic heterocycles. The average molecular weight is 330 g/mol. The maximum atomic E-state index is 12.7. The van der Waals surface area contributed by atoms with Crippen LogP contribution < -0.4 is 0 Å². The Morgan fingerprint density at radius 3 is 2.52 bits per heavy atom. The first-order chi connectivity index (χ1) is 11.3. The first kappa shape index (κ1) is 15.0. The van der Waals surface area contributed by atoms with Crippen LogP contribution in [0.1, 0.15) is 42.5 Å². The molecule has 2 aliphatic rings. The summed E-state index contributed by atoms with van der Waals surface area (Å²) < 4.78 is 8.42. The Balaban J connectivity index is 1.40. The summed E-state index contributed by atoms with van der Waals surface area (Å²) in [6.45, 7) is 3.69. The first-order valence-electron chi connectivity index (χ1n) is 8.57. The zero-order chi connectivity index (χ0) is 15.6. The number of aromatic nitrogens is 2. The Labute approximate surface area is 140 Å². The second-order valence-corrected chi connectivity index (χ2v) is 7.12. The Hall–Kier alpha value is -1.53. The number of rotatable bonds is 2. The van der Waals surface area contributed by atoms with Gasteiger partial charge in [-0.15, -0.1) is 0 Å². The minimum Gasteiger partial charge on any atom is -0.336 e. The molecule has 1 aromatic carbocycles. The van der Waals surface area contributed by atoms with Crippen molar-refractivity contribution >= 4 is 28.7 Å². The molecule has 2 aromatic rings. The number of carbonyl (C=O) groups excluding carboxylic acids is 1. The van der Waals surface area contributed by atoms with E-state index in [0.717, 1.165) is 48.8 Å². The van der Waals surface area contributed by atoms with E-state index in [-0.39, 0.29) is 5.91 Å². The predicted molar refractivity (Wildman–Crippen MR) is 91.8 cm³/mol. The Kier molecular flexibility index (Phi) is 4.27. The lowest BCUT2D eigenvalue weighted by Gasteiger charge is -2.40. The molecule has 2 fully saturated rings. The average Bonchev–Trinajstić information content (AvgIpc) is 3.10. The topological polar surface area (TPSA) is 49.3 Å². The molecule has 0 atom stereocenters. The van der Waals surface area contributed by atoms with Crippen molar-refractivity contribution in [1.29, 1.82) is 0 Å². The van der Waals surface area contributed by atoms with E-state index in [1.165, 1.54) is 43.8 Å². The van der Waals surface area contributed by atoms with Gasteiger partial charge in [0.25, 0.3) is 5.91 Å². The minimum absolute atomic E-state index is 0.128. The van der Waals surface area contributed by atoms with Gasteiger partial charge < -0.3 is 4.90 Å². The fourth-order valence-electron chi connectivity index (χ4n) is 3.83. The third-order valence-electron chi connectivity index (χ3n) is 5.19. The second-order valence-electron chi connectivity index (χ2n) is 6.59. The van der Waals surface area contributed by atoms with Crippen LogP contribution in [0.3, 0.4) is 0 Å². The second kappa shape index (κ2) is 6.53. The molecule has 6 heteroatoms. The monoisotopic (exact) mass is 330 g/mol. The fraction of sp³-hybridized carbons (Fsp3) is 0.588. The van der Waals surface area contributed by atoms with Gasteiger partial charge in [0, 0.05) is 37.8 Å². The van der Waals surface area contributed by atoms with E-state index < -0.39 is 0 Å². The van der Waals surface area contributed by atoms with Gasteiger partial charge in [-0.3, -0.25) is 9.69 Å². The summed E-state index contributed by atoms with van der Waals surface area (Å²) in [4.78, 5) is 17.3. The number of amides is 1. The number of hydrogen-bond donors (Lipinski definition) is 0. The molecule has 0 N–H and O–H groups in total. The lowest BCUT2D eigenvalue weighted by Crippen LogP contribution is -2.52. The number of benzene rings is 1. The Morgan fingerprint density at radius 2 is 1.74 bits per heavy atom. The quantitative estimate of drug-likeness (QED) is 0.849. The van der Waals surface area contributed by atoms with Crippen LogP contribution in [0.2, 0.25) is 0 Å². The van der Waals surface area contributed by atoms with Crippen molar-refractivity contribution in [2.75, 3.05) is 26.2 Å². The normalized spacial score (nSPS) is 21.0. The molecule has 5 nitrogen and oxygen atoms in total. The van der Waals surface area contributed by atoms with Gasteiger partial charge in [0.1, 0.15) is 11.0 Å². The van der Waals surface area contributed by atoms with Gasteiger partial charge in [-0.2, -0.15) is 8.75 Å². The summed E-state index contributed by atoms with van der Waals surface area (Å²) in [5.41, 5.74) is 2.42. The maximum absolute atomic E-state index is 12.7. The third kappa shape index (κ3) is 3.10. The molecule has 1 saturated heterocycles. The third-order valence-corrected chi connectivity index (χ3v) is 5.75. The van der Waals surface area contributed by atoms with E-state index in [0.29, 0.717) is 0 Å². The SMILES string of the molecule is O=C(c1ccc2nsnc2c1)N1CCN(C2CCCCC2)CC1. The summed E-state index contributed by atoms with van der Waals surface area (Å²) >= 11 is 1.19. The summed E-state index contributed by atoms with van der Waals surface area (Å²) in [6, 6.07) is 6.39. The molecule has 0 radical (unpaired) electrons. The van der Waals surface area contributed by atoms with Gasteiger partial charge >= 0.3 is 0 Å². The number of piperazine rings is 1. The number of nitrogens with zero attached hydrogens (tertiary/aromatic N) is 4. The van der Waals surface area contributed by atoms with Crippen LogP contribution in [0.15, 0.2) is 18.2 Å². The van der Waals surface area contributed by atoms with Crippen LogP contribution in [0, 0.1) is 0 Å². The van der Waals surface area contributed by atoms with Crippen LogP contribution >= 0.6 is 11.7 Å². The molecular weight excluding hydrogens is 308 g/mol. The fourth-order valence-corrected chi connectivity index (χ4v) is 4.35. The smallest absolute Gasteiger partial charge is 0.254 e. The van der Waals surface area contributed by atoms with E-state index in [4.69, 9.17) is 0 Å². The molecule has 1 aliphatic carbocycles. The highest BCUT2D eigenvalue weighted by atomic mass is 32.1. The van der Waals surface area contributed by atoms with Crippen LogP contribution in [0.4, 0.5) is 0 Å². The van der Waals surface area contributed by atoms with E-state index in [2.05, 4.69) is 13.6 Å². The number of fused-ring (bicyclic) bond motifs is 1. The highest BCUT2D eigenvalue weighted by molar-refractivity contribution is 7.00. The standard InChI is InChI=1S/C17H22N4OS/c22-17(13-6-7-15-16(12-13)19-23-18-15)21-10-8-20(9-11-21)14-4-2-1-3-5-14/h6-7,12,14H,1-5,8-11H2. The van der Waals surface area contributed by atoms with Crippen LogP contribution in [0.5, 0.6) is 0 Å². The summed E-state index contributed by atoms with van der Waals surface area (Å²) in [6.07, 6.45) is 6.79. The highest BCUT2D eigenvalue weighted by Gasteiger charge is 2.27. The van der Waals surface area contributed by atoms with Crippen molar-refractivity contribution < 1.29 is 4.79 Å². The van der Waals surface area contributed by atoms with Crippen LogP contribution in [-0.4, -0.2) is 56.7 Å². The first-order valence-corrected chi connectivity index (χ1v) is 9.30. The Bertz CT molecular complexity index is 687. The minimum atomic E-state index is 0.128. The van der Waals surface area contributed by atoms with Gasteiger partial charge in [0.05, 0.1) is 11.7 Å². The molecule has 0 spiro atoms. The number of carbonyl (C=O) groups is 1. The zero-order valence-corrected chi connectivity index (χ0v) is 14.1. The molecule has 0 bridgehead atoms. The van der Waals surface area contributed by atoms with Crippen LogP contribution in [-0.2, 0) is 0 Å². The van der Waals surface area contributed by atoms with Gasteiger partial charge in [-0.05, 0) is 31.0 Å². The molecule has 2 heterocycles. The molecule has 1 aliphatic heterocycles. The van der Waals surface area contributed by atoms with E-state index in [9.17, 15) is 4.79 Å². The zero-order valence-electron chi connectivity index (χ0n) is 13.3. The maximum Gasteiger partial charge on any atom is 0.254 e. The molecule has 0 unspecified atom stereocenters. The molecule has 1 amide bonds. The molecule has 23 heavy (non-hydrogen) atoms. The molecular formula is C17H22N4OS. The summed E-state index contributed by atoms with van der Waals surface area (Å²) in [5, 5.41) is 0. The van der Waals surface area contributed by atoms with Crippen molar-refractivity contribution in [3.63, 3.8) is 0 Å². The molecule has 122 valence electrons. The van der Waals surface area contributed by atoms with Crippen LogP contribution in [0.25, 0.3) is 11.0 Å². The number of hydrogen-bond acceptors (Lipinski definition) is 5. The van der Waals surface area contributed by atoms with Crippen molar-refractivity contribution in [2.45, 2.75) is 38.1 Å². The van der Waals surface area contributed by atoms with Gasteiger partial charge in [-0.1, -0.05) is 19.3 Å². The van der Waals surface area contributed by atoms with Gasteiger partial charge in [0.15, 0.2) is 0 Å². The van der Waals surface area contributed by atoms with Gasteiger partial charge in [0.2, 0.25) is 0 Å². The summed E-state index contributed by atoms with van der Waals surface area (Å²) in [7, 11) is 0. The van der Waals surface area contributed by atoms with Crippen molar-refractivity contribution in [1.82, 2.24) is 18.5 Å². The van der Waals surface area contributed by atoms with Crippen molar-refractivity contribution in [3.05, 3.63) is 23.8 Å². The van der Waals surface area contributed by atoms with Crippen molar-refractivity contribution in [3.8, 4) is 0 Å². The van der Waals surface area contributed by atoms with Gasteiger partial charge in [-0.25, -0.2) is 0 Å². The lowest BCUT2D eigenvalue weighted by molar-refractivity contribution is 0.0523. The van der Waals surface area contributed by atoms with Crippen molar-refractivity contribution in [2.24, 2.45) is 0 Å². The molecule has 4 rings (SSSR count). The Morgan fingerprint density at radius 1 is 1.00 bits per heavy atom.